The fourth-order valence-electron chi connectivity index (χ4n) is 2.01. The van der Waals surface area contributed by atoms with Gasteiger partial charge in [0, 0.05) is 5.41 Å². The second-order valence-electron chi connectivity index (χ2n) is 4.21. The maximum absolute atomic E-state index is 5.66. The van der Waals surface area contributed by atoms with Crippen LogP contribution in [0.25, 0.3) is 0 Å². The van der Waals surface area contributed by atoms with Crippen LogP contribution in [-0.2, 0) is 9.47 Å². The first-order valence-electron chi connectivity index (χ1n) is 4.43. The summed E-state index contributed by atoms with van der Waals surface area (Å²) in [7, 11) is 0. The third kappa shape index (κ3) is 1.30. The summed E-state index contributed by atoms with van der Waals surface area (Å²) in [5.74, 6) is 0. The lowest BCUT2D eigenvalue weighted by Gasteiger charge is -2.53. The molecule has 1 spiro atoms. The van der Waals surface area contributed by atoms with E-state index in [2.05, 4.69) is 13.8 Å². The van der Waals surface area contributed by atoms with Crippen LogP contribution in [0, 0.1) is 5.41 Å². The highest BCUT2D eigenvalue weighted by atomic mass is 16.5. The van der Waals surface area contributed by atoms with Crippen molar-refractivity contribution in [1.29, 1.82) is 0 Å². The van der Waals surface area contributed by atoms with E-state index in [9.17, 15) is 0 Å². The zero-order valence-electron chi connectivity index (χ0n) is 7.30. The van der Waals surface area contributed by atoms with Crippen molar-refractivity contribution in [3.05, 3.63) is 0 Å². The molecule has 0 amide bonds. The van der Waals surface area contributed by atoms with Gasteiger partial charge in [-0.1, -0.05) is 0 Å². The van der Waals surface area contributed by atoms with Gasteiger partial charge in [-0.3, -0.25) is 0 Å². The van der Waals surface area contributed by atoms with Crippen LogP contribution in [-0.4, -0.2) is 25.4 Å². The topological polar surface area (TPSA) is 18.5 Å². The Hall–Kier alpha value is -0.0800. The second kappa shape index (κ2) is 2.46. The first-order chi connectivity index (χ1) is 5.20. The molecule has 11 heavy (non-hydrogen) atoms. The Morgan fingerprint density at radius 1 is 1.36 bits per heavy atom. The summed E-state index contributed by atoms with van der Waals surface area (Å²) in [6, 6.07) is 0. The molecular formula is C9H16O2. The van der Waals surface area contributed by atoms with E-state index in [0.717, 1.165) is 13.2 Å². The second-order valence-corrected chi connectivity index (χ2v) is 4.21. The highest BCUT2D eigenvalue weighted by molar-refractivity contribution is 4.99. The highest BCUT2D eigenvalue weighted by Crippen LogP contribution is 2.48. The minimum atomic E-state index is 0.387. The summed E-state index contributed by atoms with van der Waals surface area (Å²) in [4.78, 5) is 0. The van der Waals surface area contributed by atoms with Crippen LogP contribution in [0.1, 0.15) is 26.7 Å². The average Bonchev–Trinajstić information content (AvgIpc) is 1.71. The van der Waals surface area contributed by atoms with Crippen LogP contribution >= 0.6 is 0 Å². The van der Waals surface area contributed by atoms with Gasteiger partial charge in [-0.05, 0) is 26.7 Å². The minimum absolute atomic E-state index is 0.387. The Labute approximate surface area is 67.9 Å². The zero-order valence-corrected chi connectivity index (χ0v) is 7.30. The van der Waals surface area contributed by atoms with E-state index in [1.54, 1.807) is 0 Å². The maximum atomic E-state index is 5.66. The van der Waals surface area contributed by atoms with Crippen molar-refractivity contribution >= 4 is 0 Å². The Kier molecular flexibility index (Phi) is 1.69. The van der Waals surface area contributed by atoms with E-state index in [0.29, 0.717) is 17.6 Å². The molecule has 0 atom stereocenters. The number of rotatable bonds is 2. The van der Waals surface area contributed by atoms with Crippen molar-refractivity contribution < 1.29 is 9.47 Å². The summed E-state index contributed by atoms with van der Waals surface area (Å²) in [6.45, 7) is 6.15. The molecule has 2 rings (SSSR count). The average molecular weight is 156 g/mol. The van der Waals surface area contributed by atoms with E-state index < -0.39 is 0 Å². The van der Waals surface area contributed by atoms with E-state index in [1.807, 2.05) is 0 Å². The van der Waals surface area contributed by atoms with Crippen molar-refractivity contribution in [3.63, 3.8) is 0 Å². The van der Waals surface area contributed by atoms with Crippen molar-refractivity contribution in [2.75, 3.05) is 13.2 Å². The molecule has 0 aromatic carbocycles. The van der Waals surface area contributed by atoms with Crippen LogP contribution in [0.3, 0.4) is 0 Å². The molecule has 2 fully saturated rings. The molecule has 0 bridgehead atoms. The normalized spacial score (nSPS) is 28.6. The summed E-state index contributed by atoms with van der Waals surface area (Å²) in [5.41, 5.74) is 0.555. The van der Waals surface area contributed by atoms with E-state index in [4.69, 9.17) is 9.47 Å². The SMILES string of the molecule is CC(C)OC1CC2(COC2)C1. The van der Waals surface area contributed by atoms with Gasteiger partial charge in [-0.25, -0.2) is 0 Å². The summed E-state index contributed by atoms with van der Waals surface area (Å²) in [5, 5.41) is 0. The third-order valence-corrected chi connectivity index (χ3v) is 2.60. The predicted octanol–water partition coefficient (Wildman–Crippen LogP) is 1.59. The van der Waals surface area contributed by atoms with Crippen LogP contribution in [0.5, 0.6) is 0 Å². The van der Waals surface area contributed by atoms with Gasteiger partial charge < -0.3 is 9.47 Å². The van der Waals surface area contributed by atoms with Crippen molar-refractivity contribution in [1.82, 2.24) is 0 Å². The Morgan fingerprint density at radius 3 is 2.36 bits per heavy atom. The van der Waals surface area contributed by atoms with E-state index in [-0.39, 0.29) is 0 Å². The molecule has 1 saturated carbocycles. The number of hydrogen-bond acceptors (Lipinski definition) is 2. The number of ether oxygens (including phenoxy) is 2. The molecule has 0 N–H and O–H groups in total. The van der Waals surface area contributed by atoms with Gasteiger partial charge in [0.25, 0.3) is 0 Å². The smallest absolute Gasteiger partial charge is 0.0592 e. The van der Waals surface area contributed by atoms with Gasteiger partial charge in [0.2, 0.25) is 0 Å². The van der Waals surface area contributed by atoms with Crippen LogP contribution < -0.4 is 0 Å². The predicted molar refractivity (Wildman–Crippen MR) is 42.5 cm³/mol. The van der Waals surface area contributed by atoms with Gasteiger partial charge >= 0.3 is 0 Å². The molecule has 1 aliphatic heterocycles. The molecular weight excluding hydrogens is 140 g/mol. The lowest BCUT2D eigenvalue weighted by molar-refractivity contribution is -0.216. The molecule has 0 radical (unpaired) electrons. The van der Waals surface area contributed by atoms with Gasteiger partial charge in [0.1, 0.15) is 0 Å². The van der Waals surface area contributed by atoms with Gasteiger partial charge in [0.15, 0.2) is 0 Å². The molecule has 1 heterocycles. The molecule has 2 aliphatic rings. The molecule has 0 unspecified atom stereocenters. The molecule has 1 saturated heterocycles. The van der Waals surface area contributed by atoms with Gasteiger partial charge in [-0.2, -0.15) is 0 Å². The van der Waals surface area contributed by atoms with Crippen molar-refractivity contribution in [2.24, 2.45) is 5.41 Å². The Balaban J connectivity index is 1.71. The Morgan fingerprint density at radius 2 is 2.00 bits per heavy atom. The Bertz CT molecular complexity index is 142. The molecule has 0 aromatic heterocycles. The standard InChI is InChI=1S/C9H16O2/c1-7(2)11-8-3-9(4-8)5-10-6-9/h7-8H,3-6H2,1-2H3. The maximum Gasteiger partial charge on any atom is 0.0592 e. The number of hydrogen-bond donors (Lipinski definition) is 0. The van der Waals surface area contributed by atoms with E-state index >= 15 is 0 Å². The lowest BCUT2D eigenvalue weighted by Crippen LogP contribution is -2.55. The summed E-state index contributed by atoms with van der Waals surface area (Å²) in [6.07, 6.45) is 3.37. The summed E-state index contributed by atoms with van der Waals surface area (Å²) < 4.78 is 10.8. The third-order valence-electron chi connectivity index (χ3n) is 2.60. The van der Waals surface area contributed by atoms with E-state index in [1.165, 1.54) is 12.8 Å². The lowest BCUT2D eigenvalue weighted by atomic mass is 9.65. The van der Waals surface area contributed by atoms with Gasteiger partial charge in [-0.15, -0.1) is 0 Å². The molecule has 2 heteroatoms. The highest BCUT2D eigenvalue weighted by Gasteiger charge is 2.50. The van der Waals surface area contributed by atoms with Crippen molar-refractivity contribution in [3.8, 4) is 0 Å². The fourth-order valence-corrected chi connectivity index (χ4v) is 2.01. The van der Waals surface area contributed by atoms with Crippen LogP contribution in [0.4, 0.5) is 0 Å². The van der Waals surface area contributed by atoms with Crippen molar-refractivity contribution in [2.45, 2.75) is 38.9 Å². The quantitative estimate of drug-likeness (QED) is 0.604. The molecule has 0 aromatic rings. The fraction of sp³-hybridized carbons (Fsp3) is 1.00. The first kappa shape index (κ1) is 7.56. The van der Waals surface area contributed by atoms with Gasteiger partial charge in [0.05, 0.1) is 25.4 Å². The largest absolute Gasteiger partial charge is 0.380 e. The minimum Gasteiger partial charge on any atom is -0.380 e. The molecule has 1 aliphatic carbocycles. The summed E-state index contributed by atoms with van der Waals surface area (Å²) >= 11 is 0. The molecule has 2 nitrogen and oxygen atoms in total. The zero-order chi connectivity index (χ0) is 7.90. The molecule has 64 valence electrons. The first-order valence-corrected chi connectivity index (χ1v) is 4.43. The van der Waals surface area contributed by atoms with Crippen LogP contribution in [0.15, 0.2) is 0 Å². The monoisotopic (exact) mass is 156 g/mol. The van der Waals surface area contributed by atoms with Crippen LogP contribution in [0.2, 0.25) is 0 Å².